The lowest BCUT2D eigenvalue weighted by molar-refractivity contribution is -0.296. The van der Waals surface area contributed by atoms with E-state index in [9.17, 15) is 27.2 Å². The van der Waals surface area contributed by atoms with E-state index in [0.29, 0.717) is 12.8 Å². The van der Waals surface area contributed by atoms with Gasteiger partial charge in [0.2, 0.25) is 0 Å². The van der Waals surface area contributed by atoms with E-state index in [4.69, 9.17) is 0 Å². The second kappa shape index (κ2) is 7.90. The Kier molecular flexibility index (Phi) is 7.54. The van der Waals surface area contributed by atoms with E-state index >= 15 is 0 Å². The van der Waals surface area contributed by atoms with Crippen LogP contribution in [0.2, 0.25) is 0 Å². The van der Waals surface area contributed by atoms with Crippen molar-refractivity contribution in [1.29, 1.82) is 5.26 Å². The summed E-state index contributed by atoms with van der Waals surface area (Å²) >= 11 is 0. The van der Waals surface area contributed by atoms with Crippen molar-refractivity contribution in [2.24, 2.45) is 0 Å². The van der Waals surface area contributed by atoms with Gasteiger partial charge in [-0.05, 0) is 33.1 Å². The molecule has 3 nitrogen and oxygen atoms in total. The predicted octanol–water partition coefficient (Wildman–Crippen LogP) is 3.65. The van der Waals surface area contributed by atoms with Crippen LogP contribution in [0.4, 0.5) is 22.0 Å². The molecule has 0 radical (unpaired) electrons. The molecule has 0 aromatic carbocycles. The summed E-state index contributed by atoms with van der Waals surface area (Å²) in [6.07, 6.45) is -4.57. The summed E-state index contributed by atoms with van der Waals surface area (Å²) in [4.78, 5) is 0. The Hall–Kier alpha value is -0.940. The summed E-state index contributed by atoms with van der Waals surface area (Å²) in [5.41, 5.74) is -0.815. The first kappa shape index (κ1) is 20.1. The summed E-state index contributed by atoms with van der Waals surface area (Å²) in [6, 6.07) is 2.19. The topological polar surface area (TPSA) is 45.0 Å². The van der Waals surface area contributed by atoms with Crippen molar-refractivity contribution in [3.05, 3.63) is 0 Å². The molecule has 124 valence electrons. The van der Waals surface area contributed by atoms with E-state index in [1.54, 1.807) is 6.92 Å². The van der Waals surface area contributed by atoms with Crippen molar-refractivity contribution in [2.45, 2.75) is 63.7 Å². The van der Waals surface area contributed by atoms with Crippen molar-refractivity contribution < 1.29 is 26.7 Å². The predicted molar refractivity (Wildman–Crippen MR) is 68.0 cm³/mol. The second-order valence-electron chi connectivity index (χ2n) is 5.20. The number of hydrogen-bond donors (Lipinski definition) is 1. The van der Waals surface area contributed by atoms with Crippen LogP contribution in [0.15, 0.2) is 0 Å². The minimum atomic E-state index is -5.61. The fourth-order valence-corrected chi connectivity index (χ4v) is 1.83. The number of alkyl halides is 5. The van der Waals surface area contributed by atoms with Gasteiger partial charge in [-0.3, -0.25) is 5.32 Å². The highest BCUT2D eigenvalue weighted by atomic mass is 19.4. The molecule has 1 unspecified atom stereocenters. The third kappa shape index (κ3) is 6.57. The van der Waals surface area contributed by atoms with Crippen LogP contribution < -0.4 is 5.32 Å². The van der Waals surface area contributed by atoms with Gasteiger partial charge in [-0.15, -0.1) is 0 Å². The first-order valence-corrected chi connectivity index (χ1v) is 6.71. The van der Waals surface area contributed by atoms with Crippen LogP contribution in [0.3, 0.4) is 0 Å². The zero-order chi connectivity index (χ0) is 16.7. The lowest BCUT2D eigenvalue weighted by Gasteiger charge is -2.29. The van der Waals surface area contributed by atoms with Crippen molar-refractivity contribution in [2.75, 3.05) is 13.2 Å². The molecule has 0 saturated carbocycles. The van der Waals surface area contributed by atoms with E-state index < -0.39 is 24.2 Å². The Morgan fingerprint density at radius 3 is 2.14 bits per heavy atom. The normalized spacial score (nSPS) is 15.8. The molecule has 0 heterocycles. The monoisotopic (exact) mass is 316 g/mol. The number of nitrogens with zero attached hydrogens (tertiary/aromatic N) is 1. The van der Waals surface area contributed by atoms with Gasteiger partial charge in [0.25, 0.3) is 0 Å². The Morgan fingerprint density at radius 1 is 1.19 bits per heavy atom. The van der Waals surface area contributed by atoms with E-state index in [-0.39, 0.29) is 19.1 Å². The molecule has 0 saturated heterocycles. The molecule has 8 heteroatoms. The van der Waals surface area contributed by atoms with Crippen molar-refractivity contribution in [1.82, 2.24) is 5.32 Å². The highest BCUT2D eigenvalue weighted by molar-refractivity contribution is 5.06. The first-order chi connectivity index (χ1) is 9.49. The van der Waals surface area contributed by atoms with Crippen LogP contribution in [0.5, 0.6) is 0 Å². The maximum atomic E-state index is 12.6. The standard InChI is InChI=1S/C13H21F5N2O/c1-4-11(8-19,20-10(2)3)6-5-7-21-9-12(14,15)13(16,17)18/h10,20H,4-7,9H2,1-3H3. The van der Waals surface area contributed by atoms with Gasteiger partial charge in [-0.1, -0.05) is 6.92 Å². The molecule has 0 fully saturated rings. The molecule has 0 aliphatic rings. The van der Waals surface area contributed by atoms with E-state index in [0.717, 1.165) is 0 Å². The number of hydrogen-bond acceptors (Lipinski definition) is 3. The van der Waals surface area contributed by atoms with Crippen molar-refractivity contribution in [3.63, 3.8) is 0 Å². The molecule has 1 N–H and O–H groups in total. The maximum Gasteiger partial charge on any atom is 0.455 e. The van der Waals surface area contributed by atoms with Gasteiger partial charge in [0.1, 0.15) is 12.1 Å². The lowest BCUT2D eigenvalue weighted by Crippen LogP contribution is -2.47. The molecular weight excluding hydrogens is 295 g/mol. The Bertz CT molecular complexity index is 351. The van der Waals surface area contributed by atoms with Crippen LogP contribution in [0.1, 0.15) is 40.0 Å². The van der Waals surface area contributed by atoms with Gasteiger partial charge in [-0.25, -0.2) is 0 Å². The van der Waals surface area contributed by atoms with Crippen LogP contribution in [0, 0.1) is 11.3 Å². The highest BCUT2D eigenvalue weighted by Gasteiger charge is 2.57. The molecule has 0 amide bonds. The van der Waals surface area contributed by atoms with Crippen molar-refractivity contribution in [3.8, 4) is 6.07 Å². The summed E-state index contributed by atoms with van der Waals surface area (Å²) in [5, 5.41) is 12.3. The zero-order valence-corrected chi connectivity index (χ0v) is 12.4. The minimum absolute atomic E-state index is 0.0556. The molecule has 0 aliphatic carbocycles. The number of ether oxygens (including phenoxy) is 1. The van der Waals surface area contributed by atoms with Gasteiger partial charge in [0.05, 0.1) is 6.07 Å². The zero-order valence-electron chi connectivity index (χ0n) is 12.4. The number of nitrogens with one attached hydrogen (secondary N) is 1. The van der Waals surface area contributed by atoms with Gasteiger partial charge in [0, 0.05) is 12.6 Å². The number of nitriles is 1. The maximum absolute atomic E-state index is 12.6. The third-order valence-electron chi connectivity index (χ3n) is 2.97. The van der Waals surface area contributed by atoms with E-state index in [1.165, 1.54) is 0 Å². The smallest absolute Gasteiger partial charge is 0.375 e. The number of halogens is 5. The van der Waals surface area contributed by atoms with Crippen LogP contribution in [-0.2, 0) is 4.74 Å². The molecule has 0 rings (SSSR count). The molecule has 0 bridgehead atoms. The Labute approximate surface area is 121 Å². The average molecular weight is 316 g/mol. The van der Waals surface area contributed by atoms with Crippen LogP contribution in [-0.4, -0.2) is 36.9 Å². The molecule has 0 spiro atoms. The van der Waals surface area contributed by atoms with Crippen LogP contribution in [0.25, 0.3) is 0 Å². The molecule has 0 aliphatic heterocycles. The second-order valence-corrected chi connectivity index (χ2v) is 5.20. The molecule has 1 atom stereocenters. The van der Waals surface area contributed by atoms with Crippen LogP contribution >= 0.6 is 0 Å². The summed E-state index contributed by atoms with van der Waals surface area (Å²) < 4.78 is 65.3. The van der Waals surface area contributed by atoms with Gasteiger partial charge >= 0.3 is 12.1 Å². The van der Waals surface area contributed by atoms with Gasteiger partial charge in [-0.2, -0.15) is 27.2 Å². The Balaban J connectivity index is 4.23. The fraction of sp³-hybridized carbons (Fsp3) is 0.923. The van der Waals surface area contributed by atoms with E-state index in [1.807, 2.05) is 13.8 Å². The number of rotatable bonds is 9. The third-order valence-corrected chi connectivity index (χ3v) is 2.97. The van der Waals surface area contributed by atoms with E-state index in [2.05, 4.69) is 16.1 Å². The SMILES string of the molecule is CCC(C#N)(CCCOCC(F)(F)C(F)(F)F)NC(C)C. The van der Waals surface area contributed by atoms with Gasteiger partial charge < -0.3 is 4.74 Å². The first-order valence-electron chi connectivity index (χ1n) is 6.71. The quantitative estimate of drug-likeness (QED) is 0.522. The highest BCUT2D eigenvalue weighted by Crippen LogP contribution is 2.35. The summed E-state index contributed by atoms with van der Waals surface area (Å²) in [5.74, 6) is -4.85. The fourth-order valence-electron chi connectivity index (χ4n) is 1.83. The summed E-state index contributed by atoms with van der Waals surface area (Å²) in [6.45, 7) is 3.58. The molecular formula is C13H21F5N2O. The summed E-state index contributed by atoms with van der Waals surface area (Å²) in [7, 11) is 0. The van der Waals surface area contributed by atoms with Crippen molar-refractivity contribution >= 4 is 0 Å². The Morgan fingerprint density at radius 2 is 1.76 bits per heavy atom. The minimum Gasteiger partial charge on any atom is -0.375 e. The lowest BCUT2D eigenvalue weighted by atomic mass is 9.91. The van der Waals surface area contributed by atoms with Gasteiger partial charge in [0.15, 0.2) is 0 Å². The average Bonchev–Trinajstić information content (AvgIpc) is 2.35. The largest absolute Gasteiger partial charge is 0.455 e. The molecule has 0 aromatic heterocycles. The molecule has 0 aromatic rings. The molecule has 21 heavy (non-hydrogen) atoms.